The molecule has 0 aromatic rings. The summed E-state index contributed by atoms with van der Waals surface area (Å²) in [6, 6.07) is 0. The Balaban J connectivity index is 2.71. The van der Waals surface area contributed by atoms with Crippen molar-refractivity contribution >= 4 is 5.97 Å². The summed E-state index contributed by atoms with van der Waals surface area (Å²) in [5, 5.41) is 8.70. The largest absolute Gasteiger partial charge is 0.481 e. The lowest BCUT2D eigenvalue weighted by Crippen LogP contribution is -2.03. The molecule has 0 heterocycles. The van der Waals surface area contributed by atoms with Gasteiger partial charge < -0.3 is 5.11 Å². The maximum atomic E-state index is 12.5. The topological polar surface area (TPSA) is 37.3 Å². The molecule has 0 aromatic carbocycles. The number of aliphatic carboxylic acids is 1. The first kappa shape index (κ1) is 10.2. The van der Waals surface area contributed by atoms with E-state index in [9.17, 15) is 13.6 Å². The van der Waals surface area contributed by atoms with Crippen LogP contribution >= 0.6 is 0 Å². The van der Waals surface area contributed by atoms with Crippen LogP contribution in [0.25, 0.3) is 0 Å². The monoisotopic (exact) mass is 190 g/mol. The molecule has 1 N–H and O–H groups in total. The zero-order valence-corrected chi connectivity index (χ0v) is 7.55. The highest BCUT2D eigenvalue weighted by molar-refractivity contribution is 5.76. The van der Waals surface area contributed by atoms with E-state index in [1.54, 1.807) is 13.8 Å². The molecule has 13 heavy (non-hydrogen) atoms. The van der Waals surface area contributed by atoms with Gasteiger partial charge in [-0.1, -0.05) is 13.8 Å². The summed E-state index contributed by atoms with van der Waals surface area (Å²) >= 11 is 0. The Hall–Kier alpha value is -0.930. The van der Waals surface area contributed by atoms with E-state index in [-0.39, 0.29) is 5.92 Å². The minimum absolute atomic E-state index is 0.374. The van der Waals surface area contributed by atoms with Crippen LogP contribution in [-0.2, 0) is 4.79 Å². The maximum Gasteiger partial charge on any atom is 0.307 e. The van der Waals surface area contributed by atoms with E-state index in [2.05, 4.69) is 0 Å². The maximum absolute atomic E-state index is 12.5. The molecule has 1 aliphatic carbocycles. The van der Waals surface area contributed by atoms with E-state index in [4.69, 9.17) is 5.11 Å². The highest BCUT2D eigenvalue weighted by Crippen LogP contribution is 2.59. The molecule has 0 spiro atoms. The van der Waals surface area contributed by atoms with Gasteiger partial charge in [-0.15, -0.1) is 0 Å². The third kappa shape index (κ3) is 1.71. The number of carboxylic acids is 1. The van der Waals surface area contributed by atoms with Gasteiger partial charge in [0.2, 0.25) is 0 Å². The molecule has 4 heteroatoms. The number of alkyl halides is 1. The summed E-state index contributed by atoms with van der Waals surface area (Å²) in [5.41, 5.74) is -0.446. The van der Waals surface area contributed by atoms with Crippen LogP contribution < -0.4 is 0 Å². The van der Waals surface area contributed by atoms with E-state index >= 15 is 0 Å². The van der Waals surface area contributed by atoms with Crippen molar-refractivity contribution in [2.24, 2.45) is 17.3 Å². The molecule has 2 unspecified atom stereocenters. The number of allylic oxidation sites excluding steroid dienone is 2. The van der Waals surface area contributed by atoms with Crippen LogP contribution in [0.3, 0.4) is 0 Å². The summed E-state index contributed by atoms with van der Waals surface area (Å²) in [5.74, 6) is -2.77. The molecule has 1 aliphatic rings. The first-order valence-electron chi connectivity index (χ1n) is 4.06. The van der Waals surface area contributed by atoms with Crippen molar-refractivity contribution in [3.63, 3.8) is 0 Å². The Labute approximate surface area is 75.3 Å². The van der Waals surface area contributed by atoms with Crippen LogP contribution in [0, 0.1) is 17.3 Å². The second-order valence-corrected chi connectivity index (χ2v) is 3.91. The zero-order valence-electron chi connectivity index (χ0n) is 7.55. The lowest BCUT2D eigenvalue weighted by molar-refractivity contribution is -0.139. The molecular formula is C9H12F2O2. The molecule has 0 saturated heterocycles. The number of carboxylic acid groups (broad SMARTS) is 1. The molecular weight excluding hydrogens is 178 g/mol. The van der Waals surface area contributed by atoms with Crippen LogP contribution in [0.2, 0.25) is 0 Å². The van der Waals surface area contributed by atoms with Gasteiger partial charge in [-0.2, -0.15) is 0 Å². The molecule has 0 aromatic heterocycles. The first-order valence-corrected chi connectivity index (χ1v) is 4.06. The minimum Gasteiger partial charge on any atom is -0.481 e. The van der Waals surface area contributed by atoms with Crippen LogP contribution in [0.1, 0.15) is 13.8 Å². The lowest BCUT2D eigenvalue weighted by atomic mass is 10.1. The summed E-state index contributed by atoms with van der Waals surface area (Å²) < 4.78 is 24.3. The zero-order chi connectivity index (χ0) is 10.2. The molecule has 1 fully saturated rings. The summed E-state index contributed by atoms with van der Waals surface area (Å²) in [4.78, 5) is 10.6. The van der Waals surface area contributed by atoms with Gasteiger partial charge in [-0.3, -0.25) is 4.79 Å². The van der Waals surface area contributed by atoms with Crippen molar-refractivity contribution in [2.75, 3.05) is 6.67 Å². The van der Waals surface area contributed by atoms with E-state index < -0.39 is 29.8 Å². The first-order chi connectivity index (χ1) is 5.91. The lowest BCUT2D eigenvalue weighted by Gasteiger charge is -1.96. The van der Waals surface area contributed by atoms with Gasteiger partial charge in [0.15, 0.2) is 0 Å². The predicted octanol–water partition coefficient (Wildman–Crippen LogP) is 2.17. The molecule has 74 valence electrons. The summed E-state index contributed by atoms with van der Waals surface area (Å²) in [6.07, 6.45) is 1.08. The van der Waals surface area contributed by atoms with Gasteiger partial charge in [0.1, 0.15) is 12.5 Å². The van der Waals surface area contributed by atoms with Crippen LogP contribution in [0.15, 0.2) is 11.9 Å². The smallest absolute Gasteiger partial charge is 0.307 e. The van der Waals surface area contributed by atoms with E-state index in [1.165, 1.54) is 0 Å². The average molecular weight is 190 g/mol. The van der Waals surface area contributed by atoms with E-state index in [1.807, 2.05) is 0 Å². The number of rotatable bonds is 3. The molecule has 0 radical (unpaired) electrons. The van der Waals surface area contributed by atoms with Gasteiger partial charge in [0, 0.05) is 0 Å². The number of hydrogen-bond acceptors (Lipinski definition) is 1. The van der Waals surface area contributed by atoms with Crippen LogP contribution in [0.4, 0.5) is 8.78 Å². The highest BCUT2D eigenvalue weighted by atomic mass is 19.2. The summed E-state index contributed by atoms with van der Waals surface area (Å²) in [7, 11) is 0. The molecule has 1 rings (SSSR count). The SMILES string of the molecule is CC1(C)C(/C=C(/F)CF)C1C(=O)O. The standard InChI is InChI=1S/C9H12F2O2/c1-9(2)6(3-5(11)4-10)7(9)8(12)13/h3,6-7H,4H2,1-2H3,(H,12,13)/b5-3+. The fourth-order valence-corrected chi connectivity index (χ4v) is 1.70. The van der Waals surface area contributed by atoms with E-state index in [0.717, 1.165) is 6.08 Å². The molecule has 2 atom stereocenters. The Bertz CT molecular complexity index is 258. The molecule has 0 bridgehead atoms. The molecule has 0 aliphatic heterocycles. The van der Waals surface area contributed by atoms with Crippen molar-refractivity contribution < 1.29 is 18.7 Å². The fourth-order valence-electron chi connectivity index (χ4n) is 1.70. The Morgan fingerprint density at radius 1 is 1.62 bits per heavy atom. The third-order valence-electron chi connectivity index (χ3n) is 2.66. The quantitative estimate of drug-likeness (QED) is 0.740. The second kappa shape index (κ2) is 3.09. The van der Waals surface area contributed by atoms with Crippen molar-refractivity contribution in [1.29, 1.82) is 0 Å². The van der Waals surface area contributed by atoms with Gasteiger partial charge in [0.05, 0.1) is 5.92 Å². The number of halogens is 2. The Morgan fingerprint density at radius 3 is 2.46 bits per heavy atom. The number of carbonyl (C=O) groups is 1. The fraction of sp³-hybridized carbons (Fsp3) is 0.667. The van der Waals surface area contributed by atoms with Gasteiger partial charge in [-0.05, 0) is 17.4 Å². The molecule has 0 amide bonds. The van der Waals surface area contributed by atoms with Gasteiger partial charge in [-0.25, -0.2) is 8.78 Å². The number of hydrogen-bond donors (Lipinski definition) is 1. The average Bonchev–Trinajstić information content (AvgIpc) is 2.53. The normalized spacial score (nSPS) is 31.5. The van der Waals surface area contributed by atoms with Crippen LogP contribution in [0.5, 0.6) is 0 Å². The molecule has 2 nitrogen and oxygen atoms in total. The van der Waals surface area contributed by atoms with Gasteiger partial charge >= 0.3 is 5.97 Å². The second-order valence-electron chi connectivity index (χ2n) is 3.91. The van der Waals surface area contributed by atoms with Crippen molar-refractivity contribution in [2.45, 2.75) is 13.8 Å². The molecule has 1 saturated carbocycles. The highest BCUT2D eigenvalue weighted by Gasteiger charge is 2.61. The van der Waals surface area contributed by atoms with Crippen molar-refractivity contribution in [3.8, 4) is 0 Å². The summed E-state index contributed by atoms with van der Waals surface area (Å²) in [6.45, 7) is 2.32. The van der Waals surface area contributed by atoms with Crippen molar-refractivity contribution in [3.05, 3.63) is 11.9 Å². The predicted molar refractivity (Wildman–Crippen MR) is 43.6 cm³/mol. The Morgan fingerprint density at radius 2 is 2.15 bits per heavy atom. The Kier molecular flexibility index (Phi) is 2.41. The third-order valence-corrected chi connectivity index (χ3v) is 2.66. The van der Waals surface area contributed by atoms with E-state index in [0.29, 0.717) is 0 Å². The van der Waals surface area contributed by atoms with Crippen molar-refractivity contribution in [1.82, 2.24) is 0 Å². The van der Waals surface area contributed by atoms with Crippen LogP contribution in [-0.4, -0.2) is 17.8 Å². The van der Waals surface area contributed by atoms with Gasteiger partial charge in [0.25, 0.3) is 0 Å². The minimum atomic E-state index is -1.15.